The van der Waals surface area contributed by atoms with Gasteiger partial charge >= 0.3 is 0 Å². The van der Waals surface area contributed by atoms with Crippen LogP contribution in [0.3, 0.4) is 0 Å². The lowest BCUT2D eigenvalue weighted by molar-refractivity contribution is 0.265. The van der Waals surface area contributed by atoms with E-state index in [-0.39, 0.29) is 5.82 Å². The summed E-state index contributed by atoms with van der Waals surface area (Å²) in [6.45, 7) is 3.47. The molecule has 1 saturated heterocycles. The molecule has 1 fully saturated rings. The van der Waals surface area contributed by atoms with Gasteiger partial charge in [0.2, 0.25) is 0 Å². The monoisotopic (exact) mass is 209 g/mol. The Morgan fingerprint density at radius 1 is 1.53 bits per heavy atom. The van der Waals surface area contributed by atoms with Gasteiger partial charge in [0.1, 0.15) is 6.61 Å². The Bertz CT molecular complexity index is 334. The molecule has 0 bridgehead atoms. The van der Waals surface area contributed by atoms with Crippen LogP contribution >= 0.6 is 0 Å². The number of rotatable bonds is 3. The van der Waals surface area contributed by atoms with Gasteiger partial charge in [0, 0.05) is 6.04 Å². The summed E-state index contributed by atoms with van der Waals surface area (Å²) in [6, 6.07) is 5.43. The third-order valence-corrected chi connectivity index (χ3v) is 2.69. The summed E-state index contributed by atoms with van der Waals surface area (Å²) < 4.78 is 18.8. The first-order valence-electron chi connectivity index (χ1n) is 5.38. The Kier molecular flexibility index (Phi) is 3.21. The number of benzene rings is 1. The van der Waals surface area contributed by atoms with Crippen LogP contribution in [0.2, 0.25) is 0 Å². The summed E-state index contributed by atoms with van der Waals surface area (Å²) in [5, 5.41) is 3.31. The first kappa shape index (κ1) is 10.4. The SMILES string of the molecule is Cc1ccc(OCC2CCCN2)c(F)c1. The molecule has 1 unspecified atom stereocenters. The van der Waals surface area contributed by atoms with Crippen molar-refractivity contribution in [1.82, 2.24) is 5.32 Å². The summed E-state index contributed by atoms with van der Waals surface area (Å²) in [5.74, 6) is 0.0855. The van der Waals surface area contributed by atoms with Crippen LogP contribution in [0.25, 0.3) is 0 Å². The molecule has 0 aromatic heterocycles. The number of halogens is 1. The molecular formula is C12H16FNO. The van der Waals surface area contributed by atoms with E-state index in [9.17, 15) is 4.39 Å². The van der Waals surface area contributed by atoms with Crippen molar-refractivity contribution in [3.8, 4) is 5.75 Å². The normalized spacial score (nSPS) is 20.5. The van der Waals surface area contributed by atoms with Crippen LogP contribution in [0.4, 0.5) is 4.39 Å². The molecule has 2 rings (SSSR count). The second kappa shape index (κ2) is 4.62. The molecule has 0 radical (unpaired) electrons. The summed E-state index contributed by atoms with van der Waals surface area (Å²) in [6.07, 6.45) is 2.30. The van der Waals surface area contributed by atoms with Crippen molar-refractivity contribution in [1.29, 1.82) is 0 Å². The molecule has 1 N–H and O–H groups in total. The zero-order valence-electron chi connectivity index (χ0n) is 8.92. The highest BCUT2D eigenvalue weighted by atomic mass is 19.1. The topological polar surface area (TPSA) is 21.3 Å². The van der Waals surface area contributed by atoms with Crippen LogP contribution in [0.5, 0.6) is 5.75 Å². The Morgan fingerprint density at radius 2 is 2.40 bits per heavy atom. The fraction of sp³-hybridized carbons (Fsp3) is 0.500. The van der Waals surface area contributed by atoms with E-state index in [1.54, 1.807) is 6.07 Å². The summed E-state index contributed by atoms with van der Waals surface area (Å²) in [7, 11) is 0. The van der Waals surface area contributed by atoms with Crippen molar-refractivity contribution >= 4 is 0 Å². The van der Waals surface area contributed by atoms with Gasteiger partial charge in [-0.2, -0.15) is 0 Å². The zero-order chi connectivity index (χ0) is 10.7. The Labute approximate surface area is 89.4 Å². The standard InChI is InChI=1S/C12H16FNO/c1-9-4-5-12(11(13)7-9)15-8-10-3-2-6-14-10/h4-5,7,10,14H,2-3,6,8H2,1H3. The van der Waals surface area contributed by atoms with Crippen molar-refractivity contribution < 1.29 is 9.13 Å². The van der Waals surface area contributed by atoms with Gasteiger partial charge in [-0.15, -0.1) is 0 Å². The van der Waals surface area contributed by atoms with Crippen molar-refractivity contribution in [3.63, 3.8) is 0 Å². The van der Waals surface area contributed by atoms with Gasteiger partial charge in [-0.25, -0.2) is 4.39 Å². The maximum atomic E-state index is 13.4. The molecule has 0 spiro atoms. The maximum absolute atomic E-state index is 13.4. The first-order chi connectivity index (χ1) is 7.25. The van der Waals surface area contributed by atoms with Gasteiger partial charge in [-0.3, -0.25) is 0 Å². The molecule has 82 valence electrons. The molecule has 1 aliphatic heterocycles. The smallest absolute Gasteiger partial charge is 0.165 e. The van der Waals surface area contributed by atoms with E-state index in [0.29, 0.717) is 18.4 Å². The van der Waals surface area contributed by atoms with E-state index in [2.05, 4.69) is 5.32 Å². The average molecular weight is 209 g/mol. The number of nitrogens with one attached hydrogen (secondary N) is 1. The molecule has 1 aromatic rings. The molecular weight excluding hydrogens is 193 g/mol. The molecule has 2 nitrogen and oxygen atoms in total. The average Bonchev–Trinajstić information content (AvgIpc) is 2.69. The molecule has 3 heteroatoms. The molecule has 0 saturated carbocycles. The van der Waals surface area contributed by atoms with Crippen LogP contribution < -0.4 is 10.1 Å². The van der Waals surface area contributed by atoms with Crippen LogP contribution in [0, 0.1) is 12.7 Å². The van der Waals surface area contributed by atoms with Crippen molar-refractivity contribution in [2.24, 2.45) is 0 Å². The van der Waals surface area contributed by atoms with Gasteiger partial charge in [0.25, 0.3) is 0 Å². The molecule has 0 aliphatic carbocycles. The predicted octanol–water partition coefficient (Wildman–Crippen LogP) is 2.26. The molecule has 0 amide bonds. The van der Waals surface area contributed by atoms with E-state index in [0.717, 1.165) is 18.5 Å². The van der Waals surface area contributed by atoms with Crippen LogP contribution in [-0.2, 0) is 0 Å². The van der Waals surface area contributed by atoms with E-state index in [1.807, 2.05) is 13.0 Å². The highest BCUT2D eigenvalue weighted by Gasteiger charge is 2.15. The van der Waals surface area contributed by atoms with Crippen molar-refractivity contribution in [2.45, 2.75) is 25.8 Å². The Morgan fingerprint density at radius 3 is 3.07 bits per heavy atom. The summed E-state index contributed by atoms with van der Waals surface area (Å²) in [4.78, 5) is 0. The largest absolute Gasteiger partial charge is 0.489 e. The molecule has 1 heterocycles. The van der Waals surface area contributed by atoms with Crippen molar-refractivity contribution in [3.05, 3.63) is 29.6 Å². The number of ether oxygens (including phenoxy) is 1. The molecule has 1 aliphatic rings. The van der Waals surface area contributed by atoms with Crippen LogP contribution in [-0.4, -0.2) is 19.2 Å². The minimum atomic E-state index is -0.270. The summed E-state index contributed by atoms with van der Waals surface area (Å²) >= 11 is 0. The quantitative estimate of drug-likeness (QED) is 0.824. The van der Waals surface area contributed by atoms with Gasteiger partial charge in [-0.1, -0.05) is 6.07 Å². The highest BCUT2D eigenvalue weighted by Crippen LogP contribution is 2.18. The fourth-order valence-electron chi connectivity index (χ4n) is 1.81. The Balaban J connectivity index is 1.92. The Hall–Kier alpha value is -1.09. The van der Waals surface area contributed by atoms with E-state index in [4.69, 9.17) is 4.74 Å². The maximum Gasteiger partial charge on any atom is 0.165 e. The van der Waals surface area contributed by atoms with E-state index >= 15 is 0 Å². The number of hydrogen-bond donors (Lipinski definition) is 1. The van der Waals surface area contributed by atoms with Gasteiger partial charge < -0.3 is 10.1 Å². The summed E-state index contributed by atoms with van der Waals surface area (Å²) in [5.41, 5.74) is 0.916. The van der Waals surface area contributed by atoms with Gasteiger partial charge in [0.15, 0.2) is 11.6 Å². The lowest BCUT2D eigenvalue weighted by Gasteiger charge is -2.12. The van der Waals surface area contributed by atoms with Crippen molar-refractivity contribution in [2.75, 3.05) is 13.2 Å². The predicted molar refractivity (Wildman–Crippen MR) is 57.7 cm³/mol. The fourth-order valence-corrected chi connectivity index (χ4v) is 1.81. The van der Waals surface area contributed by atoms with E-state index < -0.39 is 0 Å². The number of hydrogen-bond acceptors (Lipinski definition) is 2. The minimum Gasteiger partial charge on any atom is -0.489 e. The first-order valence-corrected chi connectivity index (χ1v) is 5.38. The third-order valence-electron chi connectivity index (χ3n) is 2.69. The van der Waals surface area contributed by atoms with Crippen LogP contribution in [0.1, 0.15) is 18.4 Å². The minimum absolute atomic E-state index is 0.270. The molecule has 1 atom stereocenters. The van der Waals surface area contributed by atoms with Gasteiger partial charge in [0.05, 0.1) is 0 Å². The number of aryl methyl sites for hydroxylation is 1. The lowest BCUT2D eigenvalue weighted by Crippen LogP contribution is -2.28. The zero-order valence-corrected chi connectivity index (χ0v) is 8.92. The molecule has 1 aromatic carbocycles. The highest BCUT2D eigenvalue weighted by molar-refractivity contribution is 5.28. The third kappa shape index (κ3) is 2.69. The second-order valence-electron chi connectivity index (χ2n) is 4.04. The van der Waals surface area contributed by atoms with Crippen LogP contribution in [0.15, 0.2) is 18.2 Å². The van der Waals surface area contributed by atoms with Gasteiger partial charge in [-0.05, 0) is 44.0 Å². The molecule has 15 heavy (non-hydrogen) atoms. The lowest BCUT2D eigenvalue weighted by atomic mass is 10.2. The van der Waals surface area contributed by atoms with E-state index in [1.165, 1.54) is 12.5 Å². The second-order valence-corrected chi connectivity index (χ2v) is 4.04.